The molecule has 2 atom stereocenters. The smallest absolute Gasteiger partial charge is 0.152 e. The molecule has 0 radical (unpaired) electrons. The standard InChI is InChI=1S/C14H20N4O/c1-3-13-11(4-7-19-13)9-16-14-12-8-10(2)17-18(12)6-5-15-14/h5-6,8,11,13H,3-4,7,9H2,1-2H3,(H,15,16). The van der Waals surface area contributed by atoms with Gasteiger partial charge in [0.05, 0.1) is 11.8 Å². The molecule has 102 valence electrons. The van der Waals surface area contributed by atoms with E-state index in [0.29, 0.717) is 12.0 Å². The van der Waals surface area contributed by atoms with Gasteiger partial charge in [-0.2, -0.15) is 5.10 Å². The Balaban J connectivity index is 1.74. The van der Waals surface area contributed by atoms with Crippen LogP contribution in [0.2, 0.25) is 0 Å². The summed E-state index contributed by atoms with van der Waals surface area (Å²) >= 11 is 0. The highest BCUT2D eigenvalue weighted by Crippen LogP contribution is 2.24. The molecule has 5 heteroatoms. The third-order valence-corrected chi connectivity index (χ3v) is 3.79. The molecule has 0 amide bonds. The van der Waals surface area contributed by atoms with Crippen molar-refractivity contribution in [3.8, 4) is 0 Å². The summed E-state index contributed by atoms with van der Waals surface area (Å²) in [5.74, 6) is 1.49. The monoisotopic (exact) mass is 260 g/mol. The van der Waals surface area contributed by atoms with E-state index in [4.69, 9.17) is 4.74 Å². The predicted molar refractivity (Wildman–Crippen MR) is 74.4 cm³/mol. The second-order valence-corrected chi connectivity index (χ2v) is 5.14. The molecule has 3 rings (SSSR count). The van der Waals surface area contributed by atoms with Crippen molar-refractivity contribution in [1.29, 1.82) is 0 Å². The highest BCUT2D eigenvalue weighted by atomic mass is 16.5. The van der Waals surface area contributed by atoms with Crippen molar-refractivity contribution in [3.05, 3.63) is 24.2 Å². The minimum absolute atomic E-state index is 0.388. The van der Waals surface area contributed by atoms with Crippen LogP contribution in [0.15, 0.2) is 18.5 Å². The van der Waals surface area contributed by atoms with E-state index in [9.17, 15) is 0 Å². The molecule has 0 aromatic carbocycles. The average Bonchev–Trinajstić information content (AvgIpc) is 3.00. The summed E-state index contributed by atoms with van der Waals surface area (Å²) in [5.41, 5.74) is 2.04. The van der Waals surface area contributed by atoms with E-state index in [1.54, 1.807) is 6.20 Å². The van der Waals surface area contributed by atoms with Crippen molar-refractivity contribution in [3.63, 3.8) is 0 Å². The lowest BCUT2D eigenvalue weighted by molar-refractivity contribution is 0.0900. The summed E-state index contributed by atoms with van der Waals surface area (Å²) in [6.07, 6.45) is 6.26. The Labute approximate surface area is 113 Å². The van der Waals surface area contributed by atoms with Crippen LogP contribution in [-0.4, -0.2) is 33.9 Å². The Morgan fingerprint density at radius 3 is 3.26 bits per heavy atom. The molecule has 0 saturated carbocycles. The molecule has 0 aliphatic carbocycles. The van der Waals surface area contributed by atoms with Crippen molar-refractivity contribution in [2.75, 3.05) is 18.5 Å². The Kier molecular flexibility index (Phi) is 3.38. The molecule has 1 saturated heterocycles. The molecule has 19 heavy (non-hydrogen) atoms. The fourth-order valence-electron chi connectivity index (χ4n) is 2.79. The number of hydrogen-bond donors (Lipinski definition) is 1. The molecule has 2 unspecified atom stereocenters. The van der Waals surface area contributed by atoms with Gasteiger partial charge in [-0.25, -0.2) is 9.50 Å². The highest BCUT2D eigenvalue weighted by molar-refractivity contribution is 5.67. The lowest BCUT2D eigenvalue weighted by atomic mass is 10.00. The van der Waals surface area contributed by atoms with Crippen molar-refractivity contribution in [1.82, 2.24) is 14.6 Å². The third kappa shape index (κ3) is 2.42. The maximum atomic E-state index is 5.72. The zero-order valence-corrected chi connectivity index (χ0v) is 11.5. The lowest BCUT2D eigenvalue weighted by Crippen LogP contribution is -2.23. The number of aryl methyl sites for hydroxylation is 1. The van der Waals surface area contributed by atoms with Crippen LogP contribution >= 0.6 is 0 Å². The summed E-state index contributed by atoms with van der Waals surface area (Å²) in [6, 6.07) is 2.05. The molecule has 3 heterocycles. The van der Waals surface area contributed by atoms with E-state index in [1.807, 2.05) is 17.6 Å². The maximum Gasteiger partial charge on any atom is 0.152 e. The maximum absolute atomic E-state index is 5.72. The molecule has 5 nitrogen and oxygen atoms in total. The second kappa shape index (κ2) is 5.17. The van der Waals surface area contributed by atoms with Gasteiger partial charge in [-0.3, -0.25) is 0 Å². The molecular formula is C14H20N4O. The van der Waals surface area contributed by atoms with E-state index in [1.165, 1.54) is 0 Å². The van der Waals surface area contributed by atoms with Crippen molar-refractivity contribution in [2.45, 2.75) is 32.8 Å². The summed E-state index contributed by atoms with van der Waals surface area (Å²) in [4.78, 5) is 4.42. The first-order valence-electron chi connectivity index (χ1n) is 6.94. The number of rotatable bonds is 4. The van der Waals surface area contributed by atoms with Crippen LogP contribution in [0.5, 0.6) is 0 Å². The number of ether oxygens (including phenoxy) is 1. The number of nitrogens with one attached hydrogen (secondary N) is 1. The Bertz CT molecular complexity index is 566. The average molecular weight is 260 g/mol. The van der Waals surface area contributed by atoms with Gasteiger partial charge < -0.3 is 10.1 Å². The summed E-state index contributed by atoms with van der Waals surface area (Å²) in [7, 11) is 0. The Hall–Kier alpha value is -1.62. The Morgan fingerprint density at radius 2 is 2.42 bits per heavy atom. The van der Waals surface area contributed by atoms with Crippen LogP contribution < -0.4 is 5.32 Å². The predicted octanol–water partition coefficient (Wildman–Crippen LogP) is 2.26. The van der Waals surface area contributed by atoms with Gasteiger partial charge in [-0.1, -0.05) is 6.92 Å². The second-order valence-electron chi connectivity index (χ2n) is 5.14. The quantitative estimate of drug-likeness (QED) is 0.916. The molecule has 1 N–H and O–H groups in total. The molecule has 2 aromatic heterocycles. The minimum Gasteiger partial charge on any atom is -0.378 e. The van der Waals surface area contributed by atoms with E-state index in [-0.39, 0.29) is 0 Å². The topological polar surface area (TPSA) is 51.5 Å². The fraction of sp³-hybridized carbons (Fsp3) is 0.571. The molecule has 1 aliphatic rings. The van der Waals surface area contributed by atoms with Gasteiger partial charge in [0.25, 0.3) is 0 Å². The summed E-state index contributed by atoms with van der Waals surface area (Å²) < 4.78 is 7.58. The number of nitrogens with zero attached hydrogens (tertiary/aromatic N) is 3. The van der Waals surface area contributed by atoms with Gasteiger partial charge in [-0.05, 0) is 25.8 Å². The van der Waals surface area contributed by atoms with E-state index in [0.717, 1.165) is 43.0 Å². The molecule has 2 aromatic rings. The largest absolute Gasteiger partial charge is 0.378 e. The molecule has 1 aliphatic heterocycles. The first-order valence-corrected chi connectivity index (χ1v) is 6.94. The highest BCUT2D eigenvalue weighted by Gasteiger charge is 2.26. The third-order valence-electron chi connectivity index (χ3n) is 3.79. The number of hydrogen-bond acceptors (Lipinski definition) is 4. The van der Waals surface area contributed by atoms with Crippen LogP contribution in [0.3, 0.4) is 0 Å². The van der Waals surface area contributed by atoms with Crippen LogP contribution in [-0.2, 0) is 4.74 Å². The number of aromatic nitrogens is 3. The van der Waals surface area contributed by atoms with Gasteiger partial charge in [-0.15, -0.1) is 0 Å². The lowest BCUT2D eigenvalue weighted by Gasteiger charge is -2.17. The van der Waals surface area contributed by atoms with Gasteiger partial charge >= 0.3 is 0 Å². The fourth-order valence-corrected chi connectivity index (χ4v) is 2.79. The van der Waals surface area contributed by atoms with Gasteiger partial charge in [0.15, 0.2) is 5.82 Å². The van der Waals surface area contributed by atoms with Crippen LogP contribution in [0.25, 0.3) is 5.52 Å². The first-order chi connectivity index (χ1) is 9.28. The normalized spacial score (nSPS) is 23.1. The van der Waals surface area contributed by atoms with Crippen molar-refractivity contribution in [2.24, 2.45) is 5.92 Å². The van der Waals surface area contributed by atoms with E-state index in [2.05, 4.69) is 28.4 Å². The zero-order chi connectivity index (χ0) is 13.2. The van der Waals surface area contributed by atoms with Gasteiger partial charge in [0.1, 0.15) is 5.52 Å². The van der Waals surface area contributed by atoms with Crippen LogP contribution in [0, 0.1) is 12.8 Å². The van der Waals surface area contributed by atoms with E-state index < -0.39 is 0 Å². The van der Waals surface area contributed by atoms with E-state index >= 15 is 0 Å². The number of anilines is 1. The molecular weight excluding hydrogens is 240 g/mol. The van der Waals surface area contributed by atoms with Crippen molar-refractivity contribution >= 4 is 11.3 Å². The first kappa shape index (κ1) is 12.4. The van der Waals surface area contributed by atoms with Crippen LogP contribution in [0.1, 0.15) is 25.5 Å². The van der Waals surface area contributed by atoms with Crippen LogP contribution in [0.4, 0.5) is 5.82 Å². The van der Waals surface area contributed by atoms with Crippen molar-refractivity contribution < 1.29 is 4.74 Å². The van der Waals surface area contributed by atoms with Gasteiger partial charge in [0, 0.05) is 31.5 Å². The Morgan fingerprint density at radius 1 is 1.53 bits per heavy atom. The molecule has 0 bridgehead atoms. The summed E-state index contributed by atoms with van der Waals surface area (Å²) in [5, 5.41) is 7.85. The number of fused-ring (bicyclic) bond motifs is 1. The zero-order valence-electron chi connectivity index (χ0n) is 11.5. The molecule has 0 spiro atoms. The molecule has 1 fully saturated rings. The van der Waals surface area contributed by atoms with Gasteiger partial charge in [0.2, 0.25) is 0 Å². The summed E-state index contributed by atoms with van der Waals surface area (Å²) in [6.45, 7) is 5.97. The minimum atomic E-state index is 0.388. The SMILES string of the molecule is CCC1OCCC1CNc1nccn2nc(C)cc12.